The second kappa shape index (κ2) is 7.63. The van der Waals surface area contributed by atoms with E-state index in [0.29, 0.717) is 12.6 Å². The van der Waals surface area contributed by atoms with Crippen LogP contribution in [0.25, 0.3) is 11.0 Å². The summed E-state index contributed by atoms with van der Waals surface area (Å²) in [6.07, 6.45) is 6.52. The van der Waals surface area contributed by atoms with Crippen LogP contribution in [-0.4, -0.2) is 47.8 Å². The van der Waals surface area contributed by atoms with Crippen LogP contribution < -0.4 is 10.2 Å². The number of amides is 1. The topological polar surface area (TPSA) is 59.4 Å². The van der Waals surface area contributed by atoms with Crippen LogP contribution in [0.4, 0.5) is 5.95 Å². The Bertz CT molecular complexity index is 903. The molecule has 1 aromatic heterocycles. The highest BCUT2D eigenvalue weighted by molar-refractivity contribution is 5.82. The summed E-state index contributed by atoms with van der Waals surface area (Å²) in [5, 5.41) is 3.18. The van der Waals surface area contributed by atoms with Crippen LogP contribution in [0.2, 0.25) is 0 Å². The number of carbonyl (C=O) groups excluding carboxylic acids is 1. The molecule has 3 aliphatic rings. The number of fused-ring (bicyclic) bond motifs is 1. The molecule has 5 rings (SSSR count). The lowest BCUT2D eigenvalue weighted by Crippen LogP contribution is -2.44. The zero-order valence-electron chi connectivity index (χ0n) is 17.6. The number of rotatable bonds is 4. The number of ether oxygens (including phenoxy) is 1. The van der Waals surface area contributed by atoms with Gasteiger partial charge in [-0.3, -0.25) is 4.79 Å². The van der Waals surface area contributed by atoms with Crippen LogP contribution in [0.15, 0.2) is 12.1 Å². The fraction of sp³-hybridized carbons (Fsp3) is 0.652. The molecule has 1 aliphatic carbocycles. The highest BCUT2D eigenvalue weighted by atomic mass is 16.5. The number of carbonyl (C=O) groups is 1. The summed E-state index contributed by atoms with van der Waals surface area (Å²) >= 11 is 0. The lowest BCUT2D eigenvalue weighted by molar-refractivity contribution is -0.126. The number of nitrogens with zero attached hydrogens (tertiary/aromatic N) is 3. The molecule has 1 saturated carbocycles. The van der Waals surface area contributed by atoms with Crippen LogP contribution >= 0.6 is 0 Å². The van der Waals surface area contributed by atoms with Gasteiger partial charge in [-0.25, -0.2) is 4.98 Å². The second-order valence-corrected chi connectivity index (χ2v) is 9.12. The molecular weight excluding hydrogens is 364 g/mol. The maximum Gasteiger partial charge on any atom is 0.223 e. The molecule has 1 atom stereocenters. The van der Waals surface area contributed by atoms with E-state index in [0.717, 1.165) is 50.4 Å². The maximum absolute atomic E-state index is 12.6. The number of piperidine rings is 1. The lowest BCUT2D eigenvalue weighted by Gasteiger charge is -2.36. The van der Waals surface area contributed by atoms with Gasteiger partial charge in [-0.15, -0.1) is 0 Å². The van der Waals surface area contributed by atoms with Crippen molar-refractivity contribution in [2.45, 2.75) is 64.5 Å². The number of anilines is 1. The van der Waals surface area contributed by atoms with Gasteiger partial charge in [0.15, 0.2) is 0 Å². The zero-order chi connectivity index (χ0) is 20.0. The predicted molar refractivity (Wildman–Crippen MR) is 114 cm³/mol. The van der Waals surface area contributed by atoms with E-state index in [1.54, 1.807) is 0 Å². The van der Waals surface area contributed by atoms with Crippen molar-refractivity contribution in [3.8, 4) is 0 Å². The van der Waals surface area contributed by atoms with Gasteiger partial charge >= 0.3 is 0 Å². The third-order valence-corrected chi connectivity index (χ3v) is 7.15. The summed E-state index contributed by atoms with van der Waals surface area (Å²) in [7, 11) is 0. The number of imidazole rings is 1. The third kappa shape index (κ3) is 3.52. The minimum absolute atomic E-state index is 0.109. The van der Waals surface area contributed by atoms with Crippen molar-refractivity contribution in [3.63, 3.8) is 0 Å². The van der Waals surface area contributed by atoms with Gasteiger partial charge in [-0.2, -0.15) is 0 Å². The maximum atomic E-state index is 12.6. The molecule has 1 unspecified atom stereocenters. The van der Waals surface area contributed by atoms with Crippen LogP contribution in [-0.2, 0) is 9.53 Å². The first-order chi connectivity index (χ1) is 14.1. The van der Waals surface area contributed by atoms with Gasteiger partial charge in [0.25, 0.3) is 0 Å². The van der Waals surface area contributed by atoms with E-state index in [9.17, 15) is 4.79 Å². The minimum Gasteiger partial charge on any atom is -0.379 e. The van der Waals surface area contributed by atoms with Gasteiger partial charge in [0, 0.05) is 31.7 Å². The van der Waals surface area contributed by atoms with Crippen LogP contribution in [0.1, 0.15) is 55.7 Å². The van der Waals surface area contributed by atoms with Crippen molar-refractivity contribution in [1.82, 2.24) is 14.9 Å². The molecule has 3 fully saturated rings. The number of hydrogen-bond acceptors (Lipinski definition) is 4. The summed E-state index contributed by atoms with van der Waals surface area (Å²) in [6, 6.07) is 5.31. The molecule has 1 N–H and O–H groups in total. The van der Waals surface area contributed by atoms with E-state index in [2.05, 4.69) is 40.8 Å². The third-order valence-electron chi connectivity index (χ3n) is 7.15. The van der Waals surface area contributed by atoms with Gasteiger partial charge < -0.3 is 19.5 Å². The molecule has 0 spiro atoms. The van der Waals surface area contributed by atoms with Crippen LogP contribution in [0.5, 0.6) is 0 Å². The number of aromatic nitrogens is 2. The summed E-state index contributed by atoms with van der Waals surface area (Å²) < 4.78 is 7.87. The van der Waals surface area contributed by atoms with Crippen molar-refractivity contribution < 1.29 is 9.53 Å². The first-order valence-corrected chi connectivity index (χ1v) is 11.2. The monoisotopic (exact) mass is 396 g/mol. The standard InChI is InChI=1S/C23H32N4O2/c1-15-12-20-21(13-16(15)2)27(19-4-3-5-19)23(25-20)26-9-6-17(7-10-26)22(28)24-18-8-11-29-14-18/h12-13,17-19H,3-11,14H2,1-2H3,(H,24,28). The predicted octanol–water partition coefficient (Wildman–Crippen LogP) is 3.50. The normalized spacial score (nSPS) is 23.5. The Morgan fingerprint density at radius 2 is 1.86 bits per heavy atom. The van der Waals surface area contributed by atoms with E-state index < -0.39 is 0 Å². The van der Waals surface area contributed by atoms with Gasteiger partial charge in [-0.1, -0.05) is 0 Å². The molecule has 2 aliphatic heterocycles. The van der Waals surface area contributed by atoms with Crippen LogP contribution in [0.3, 0.4) is 0 Å². The molecular formula is C23H32N4O2. The number of nitrogens with one attached hydrogen (secondary N) is 1. The quantitative estimate of drug-likeness (QED) is 0.859. The molecule has 2 saturated heterocycles. The second-order valence-electron chi connectivity index (χ2n) is 9.12. The molecule has 156 valence electrons. The summed E-state index contributed by atoms with van der Waals surface area (Å²) in [5.74, 6) is 1.43. The minimum atomic E-state index is 0.109. The average molecular weight is 397 g/mol. The first-order valence-electron chi connectivity index (χ1n) is 11.2. The first kappa shape index (κ1) is 18.9. The molecule has 1 aromatic carbocycles. The van der Waals surface area contributed by atoms with Gasteiger partial charge in [0.1, 0.15) is 0 Å². The number of hydrogen-bond donors (Lipinski definition) is 1. The Hall–Kier alpha value is -2.08. The van der Waals surface area contributed by atoms with E-state index in [1.165, 1.54) is 35.9 Å². The highest BCUT2D eigenvalue weighted by Crippen LogP contribution is 2.39. The van der Waals surface area contributed by atoms with E-state index in [4.69, 9.17) is 9.72 Å². The van der Waals surface area contributed by atoms with E-state index in [1.807, 2.05) is 0 Å². The Kier molecular flexibility index (Phi) is 4.98. The van der Waals surface area contributed by atoms with Crippen molar-refractivity contribution in [2.75, 3.05) is 31.2 Å². The Balaban J connectivity index is 1.34. The highest BCUT2D eigenvalue weighted by Gasteiger charge is 2.32. The molecule has 2 aromatic rings. The van der Waals surface area contributed by atoms with Gasteiger partial charge in [-0.05, 0) is 75.6 Å². The number of aryl methyl sites for hydroxylation is 2. The fourth-order valence-corrected chi connectivity index (χ4v) is 4.87. The van der Waals surface area contributed by atoms with E-state index in [-0.39, 0.29) is 17.9 Å². The van der Waals surface area contributed by atoms with Crippen molar-refractivity contribution in [1.29, 1.82) is 0 Å². The smallest absolute Gasteiger partial charge is 0.223 e. The molecule has 6 heteroatoms. The average Bonchev–Trinajstić information content (AvgIpc) is 3.30. The zero-order valence-corrected chi connectivity index (χ0v) is 17.6. The Morgan fingerprint density at radius 1 is 1.10 bits per heavy atom. The number of benzene rings is 1. The fourth-order valence-electron chi connectivity index (χ4n) is 4.87. The van der Waals surface area contributed by atoms with E-state index >= 15 is 0 Å². The molecule has 0 bridgehead atoms. The van der Waals surface area contributed by atoms with Crippen molar-refractivity contribution in [2.24, 2.45) is 5.92 Å². The summed E-state index contributed by atoms with van der Waals surface area (Å²) in [5.41, 5.74) is 5.01. The molecule has 6 nitrogen and oxygen atoms in total. The molecule has 29 heavy (non-hydrogen) atoms. The summed E-state index contributed by atoms with van der Waals surface area (Å²) in [4.78, 5) is 20.1. The summed E-state index contributed by atoms with van der Waals surface area (Å²) in [6.45, 7) is 7.57. The largest absolute Gasteiger partial charge is 0.379 e. The molecule has 0 radical (unpaired) electrons. The van der Waals surface area contributed by atoms with Crippen LogP contribution in [0, 0.1) is 19.8 Å². The lowest BCUT2D eigenvalue weighted by atomic mass is 9.92. The van der Waals surface area contributed by atoms with Gasteiger partial charge in [0.05, 0.1) is 23.7 Å². The molecule has 3 heterocycles. The van der Waals surface area contributed by atoms with Gasteiger partial charge in [0.2, 0.25) is 11.9 Å². The van der Waals surface area contributed by atoms with Crippen molar-refractivity contribution >= 4 is 22.9 Å². The SMILES string of the molecule is Cc1cc2nc(N3CCC(C(=O)NC4CCOC4)CC3)n(C3CCC3)c2cc1C. The van der Waals surface area contributed by atoms with Crippen molar-refractivity contribution in [3.05, 3.63) is 23.3 Å². The Labute approximate surface area is 172 Å². The molecule has 1 amide bonds. The Morgan fingerprint density at radius 3 is 2.52 bits per heavy atom.